The molecule has 0 spiro atoms. The second kappa shape index (κ2) is 6.01. The first kappa shape index (κ1) is 17.0. The third kappa shape index (κ3) is 3.20. The van der Waals surface area contributed by atoms with E-state index in [0.717, 1.165) is 7.11 Å². The van der Waals surface area contributed by atoms with E-state index in [-0.39, 0.29) is 6.42 Å². The number of carbonyl (C=O) groups is 2. The van der Waals surface area contributed by atoms with E-state index in [2.05, 4.69) is 20.3 Å². The van der Waals surface area contributed by atoms with Gasteiger partial charge in [0.15, 0.2) is 5.41 Å². The molecule has 0 radical (unpaired) electrons. The molecule has 0 bridgehead atoms. The molecule has 2 rings (SSSR count). The summed E-state index contributed by atoms with van der Waals surface area (Å²) in [6.07, 6.45) is -4.80. The van der Waals surface area contributed by atoms with Crippen LogP contribution in [0.15, 0.2) is 6.07 Å². The molecular formula is C13H15F3N4O3. The second-order valence-corrected chi connectivity index (χ2v) is 5.24. The quantitative estimate of drug-likeness (QED) is 0.623. The molecule has 1 saturated heterocycles. The molecule has 1 aromatic heterocycles. The number of esters is 1. The van der Waals surface area contributed by atoms with Gasteiger partial charge >= 0.3 is 12.1 Å². The zero-order valence-electron chi connectivity index (χ0n) is 12.2. The van der Waals surface area contributed by atoms with Crippen molar-refractivity contribution in [3.8, 4) is 0 Å². The van der Waals surface area contributed by atoms with Gasteiger partial charge in [0.2, 0.25) is 5.91 Å². The van der Waals surface area contributed by atoms with Crippen LogP contribution in [0.25, 0.3) is 0 Å². The van der Waals surface area contributed by atoms with Crippen LogP contribution in [0.4, 0.5) is 19.0 Å². The SMILES string of the molecule is COC(=O)C1(Cc2nnc(N)cc2C(F)(F)F)CCCNC1=O. The van der Waals surface area contributed by atoms with E-state index in [1.54, 1.807) is 0 Å². The Hall–Kier alpha value is -2.39. The van der Waals surface area contributed by atoms with Gasteiger partial charge in [-0.1, -0.05) is 0 Å². The molecule has 2 heterocycles. The zero-order chi connectivity index (χ0) is 17.3. The van der Waals surface area contributed by atoms with Crippen LogP contribution in [-0.2, 0) is 26.9 Å². The van der Waals surface area contributed by atoms with Crippen molar-refractivity contribution in [1.29, 1.82) is 0 Å². The fraction of sp³-hybridized carbons (Fsp3) is 0.538. The number of hydrogen-bond donors (Lipinski definition) is 2. The average molecular weight is 332 g/mol. The van der Waals surface area contributed by atoms with Crippen LogP contribution in [0.1, 0.15) is 24.1 Å². The normalized spacial score (nSPS) is 21.7. The van der Waals surface area contributed by atoms with Crippen molar-refractivity contribution in [2.45, 2.75) is 25.4 Å². The number of nitrogens with one attached hydrogen (secondary N) is 1. The number of ether oxygens (including phenoxy) is 1. The summed E-state index contributed by atoms with van der Waals surface area (Å²) < 4.78 is 44.1. The van der Waals surface area contributed by atoms with Gasteiger partial charge < -0.3 is 15.8 Å². The summed E-state index contributed by atoms with van der Waals surface area (Å²) in [7, 11) is 1.07. The Balaban J connectivity index is 2.49. The molecule has 1 aliphatic heterocycles. The number of halogens is 3. The number of nitrogens with two attached hydrogens (primary N) is 1. The fourth-order valence-corrected chi connectivity index (χ4v) is 2.60. The number of nitrogens with zero attached hydrogens (tertiary/aromatic N) is 2. The minimum absolute atomic E-state index is 0.0643. The number of aromatic nitrogens is 2. The molecule has 10 heteroatoms. The molecule has 0 saturated carbocycles. The maximum absolute atomic E-state index is 13.1. The van der Waals surface area contributed by atoms with E-state index < -0.39 is 47.0 Å². The number of amides is 1. The maximum Gasteiger partial charge on any atom is 0.418 e. The van der Waals surface area contributed by atoms with Gasteiger partial charge in [-0.15, -0.1) is 5.10 Å². The molecule has 7 nitrogen and oxygen atoms in total. The van der Waals surface area contributed by atoms with Crippen molar-refractivity contribution < 1.29 is 27.5 Å². The number of methoxy groups -OCH3 is 1. The van der Waals surface area contributed by atoms with Gasteiger partial charge in [0.05, 0.1) is 18.4 Å². The number of hydrogen-bond acceptors (Lipinski definition) is 6. The number of rotatable bonds is 3. The first-order valence-electron chi connectivity index (χ1n) is 6.77. The van der Waals surface area contributed by atoms with Crippen molar-refractivity contribution in [3.63, 3.8) is 0 Å². The molecule has 1 fully saturated rings. The summed E-state index contributed by atoms with van der Waals surface area (Å²) in [5.74, 6) is -1.98. The van der Waals surface area contributed by atoms with E-state index in [4.69, 9.17) is 5.73 Å². The summed E-state index contributed by atoms with van der Waals surface area (Å²) in [5, 5.41) is 9.34. The van der Waals surface area contributed by atoms with Gasteiger partial charge in [0, 0.05) is 13.0 Å². The van der Waals surface area contributed by atoms with Crippen molar-refractivity contribution >= 4 is 17.7 Å². The molecule has 1 atom stereocenters. The lowest BCUT2D eigenvalue weighted by molar-refractivity contribution is -0.161. The number of alkyl halides is 3. The molecule has 1 unspecified atom stereocenters. The molecule has 0 aromatic carbocycles. The van der Waals surface area contributed by atoms with Crippen LogP contribution in [0, 0.1) is 5.41 Å². The number of piperidine rings is 1. The molecule has 23 heavy (non-hydrogen) atoms. The summed E-state index contributed by atoms with van der Waals surface area (Å²) in [6.45, 7) is 0.344. The van der Waals surface area contributed by atoms with Crippen LogP contribution in [0.3, 0.4) is 0 Å². The Kier molecular flexibility index (Phi) is 4.44. The molecule has 0 aliphatic carbocycles. The highest BCUT2D eigenvalue weighted by molar-refractivity contribution is 6.03. The molecule has 3 N–H and O–H groups in total. The summed E-state index contributed by atoms with van der Waals surface area (Å²) in [6, 6.07) is 0.633. The monoisotopic (exact) mass is 332 g/mol. The van der Waals surface area contributed by atoms with E-state index in [1.165, 1.54) is 0 Å². The van der Waals surface area contributed by atoms with E-state index in [1.807, 2.05) is 0 Å². The molecule has 1 aromatic rings. The van der Waals surface area contributed by atoms with E-state index in [9.17, 15) is 22.8 Å². The second-order valence-electron chi connectivity index (χ2n) is 5.24. The highest BCUT2D eigenvalue weighted by Gasteiger charge is 2.50. The lowest BCUT2D eigenvalue weighted by atomic mass is 9.75. The van der Waals surface area contributed by atoms with Crippen LogP contribution in [-0.4, -0.2) is 35.7 Å². The highest BCUT2D eigenvalue weighted by Crippen LogP contribution is 2.38. The van der Waals surface area contributed by atoms with Crippen LogP contribution in [0.2, 0.25) is 0 Å². The zero-order valence-corrected chi connectivity index (χ0v) is 12.2. The molecular weight excluding hydrogens is 317 g/mol. The number of nitrogen functional groups attached to an aromatic ring is 1. The fourth-order valence-electron chi connectivity index (χ4n) is 2.60. The topological polar surface area (TPSA) is 107 Å². The number of anilines is 1. The molecule has 1 aliphatic rings. The minimum Gasteiger partial charge on any atom is -0.468 e. The Bertz CT molecular complexity index is 625. The van der Waals surface area contributed by atoms with Crippen molar-refractivity contribution in [1.82, 2.24) is 15.5 Å². The summed E-state index contributed by atoms with van der Waals surface area (Å²) in [4.78, 5) is 24.3. The molecule has 1 amide bonds. The van der Waals surface area contributed by atoms with E-state index >= 15 is 0 Å². The predicted molar refractivity (Wildman–Crippen MR) is 71.8 cm³/mol. The van der Waals surface area contributed by atoms with Crippen molar-refractivity contribution in [2.24, 2.45) is 5.41 Å². The van der Waals surface area contributed by atoms with Gasteiger partial charge in [0.1, 0.15) is 5.82 Å². The van der Waals surface area contributed by atoms with Gasteiger partial charge in [-0.25, -0.2) is 0 Å². The van der Waals surface area contributed by atoms with Crippen LogP contribution >= 0.6 is 0 Å². The average Bonchev–Trinajstić information content (AvgIpc) is 2.49. The third-order valence-corrected chi connectivity index (χ3v) is 3.74. The Morgan fingerprint density at radius 1 is 1.48 bits per heavy atom. The Morgan fingerprint density at radius 3 is 2.74 bits per heavy atom. The van der Waals surface area contributed by atoms with Gasteiger partial charge in [0.25, 0.3) is 0 Å². The maximum atomic E-state index is 13.1. The largest absolute Gasteiger partial charge is 0.468 e. The highest BCUT2D eigenvalue weighted by atomic mass is 19.4. The first-order chi connectivity index (χ1) is 10.7. The number of carbonyl (C=O) groups excluding carboxylic acids is 2. The van der Waals surface area contributed by atoms with Gasteiger partial charge in [-0.05, 0) is 18.9 Å². The summed E-state index contributed by atoms with van der Waals surface area (Å²) in [5.41, 5.74) is 1.87. The predicted octanol–water partition coefficient (Wildman–Crippen LogP) is 0.689. The van der Waals surface area contributed by atoms with Crippen molar-refractivity contribution in [2.75, 3.05) is 19.4 Å². The lowest BCUT2D eigenvalue weighted by Crippen LogP contribution is -2.52. The third-order valence-electron chi connectivity index (χ3n) is 3.74. The molecule has 126 valence electrons. The van der Waals surface area contributed by atoms with Gasteiger partial charge in [-0.2, -0.15) is 18.3 Å². The van der Waals surface area contributed by atoms with Crippen molar-refractivity contribution in [3.05, 3.63) is 17.3 Å². The first-order valence-corrected chi connectivity index (χ1v) is 6.77. The smallest absolute Gasteiger partial charge is 0.418 e. The van der Waals surface area contributed by atoms with Crippen LogP contribution < -0.4 is 11.1 Å². The van der Waals surface area contributed by atoms with E-state index in [0.29, 0.717) is 19.0 Å². The standard InChI is InChI=1S/C13H15F3N4O3/c1-23-11(22)12(3-2-4-18-10(12)21)6-8-7(13(14,15)16)5-9(17)20-19-8/h5H,2-4,6H2,1H3,(H2,17,20)(H,18,21). The van der Waals surface area contributed by atoms with Crippen LogP contribution in [0.5, 0.6) is 0 Å². The summed E-state index contributed by atoms with van der Waals surface area (Å²) >= 11 is 0. The Morgan fingerprint density at radius 2 is 2.17 bits per heavy atom. The van der Waals surface area contributed by atoms with Gasteiger partial charge in [-0.3, -0.25) is 9.59 Å². The Labute approximate surface area is 129 Å². The minimum atomic E-state index is -4.73. The lowest BCUT2D eigenvalue weighted by Gasteiger charge is -2.33.